The summed E-state index contributed by atoms with van der Waals surface area (Å²) in [6.45, 7) is 9.04. The van der Waals surface area contributed by atoms with Crippen molar-refractivity contribution in [2.24, 2.45) is 5.41 Å². The molecule has 1 aliphatic carbocycles. The standard InChI is InChI=1S/C28H36N8O2/c1-19(37)34-10-7-28(8-11-34)17-35(18-28)25-13-24(31-23-12-21(6-9-29-23)20-4-5-20)32-26(33-25)22-14-30-36(15-22)16-27(2,3)38/h6,9,12-15,20,38H,4-5,7-8,10-11,16-18H2,1-3H3,(H,29,31,32,33). The van der Waals surface area contributed by atoms with E-state index in [-0.39, 0.29) is 11.3 Å². The lowest BCUT2D eigenvalue weighted by Gasteiger charge is -2.54. The molecule has 10 nitrogen and oxygen atoms in total. The van der Waals surface area contributed by atoms with E-state index in [1.165, 1.54) is 18.4 Å². The van der Waals surface area contributed by atoms with Crippen LogP contribution in [0.5, 0.6) is 0 Å². The number of carbonyl (C=O) groups is 1. The van der Waals surface area contributed by atoms with E-state index in [2.05, 4.69) is 32.4 Å². The number of nitrogens with one attached hydrogen (secondary N) is 1. The monoisotopic (exact) mass is 516 g/mol. The van der Waals surface area contributed by atoms with Gasteiger partial charge in [0.25, 0.3) is 0 Å². The van der Waals surface area contributed by atoms with E-state index in [0.29, 0.717) is 24.1 Å². The third-order valence-electron chi connectivity index (χ3n) is 7.89. The maximum Gasteiger partial charge on any atom is 0.219 e. The Balaban J connectivity index is 1.26. The number of anilines is 3. The molecular weight excluding hydrogens is 480 g/mol. The molecule has 6 rings (SSSR count). The number of carbonyl (C=O) groups excluding carboxylic acids is 1. The zero-order valence-electron chi connectivity index (χ0n) is 22.4. The van der Waals surface area contributed by atoms with Gasteiger partial charge in [0.05, 0.1) is 23.9 Å². The quantitative estimate of drug-likeness (QED) is 0.490. The Labute approximate surface area is 223 Å². The maximum absolute atomic E-state index is 11.8. The van der Waals surface area contributed by atoms with Crippen LogP contribution in [0.3, 0.4) is 0 Å². The highest BCUT2D eigenvalue weighted by Crippen LogP contribution is 2.43. The Bertz CT molecular complexity index is 1330. The Kier molecular flexibility index (Phi) is 6.09. The molecule has 38 heavy (non-hydrogen) atoms. The number of hydrogen-bond acceptors (Lipinski definition) is 8. The molecule has 2 N–H and O–H groups in total. The molecule has 3 aliphatic rings. The largest absolute Gasteiger partial charge is 0.389 e. The Morgan fingerprint density at radius 1 is 1.16 bits per heavy atom. The molecule has 1 saturated carbocycles. The van der Waals surface area contributed by atoms with E-state index in [1.807, 2.05) is 23.4 Å². The molecule has 200 valence electrons. The Morgan fingerprint density at radius 2 is 1.92 bits per heavy atom. The van der Waals surface area contributed by atoms with Gasteiger partial charge in [0.15, 0.2) is 5.82 Å². The van der Waals surface area contributed by atoms with E-state index in [1.54, 1.807) is 31.6 Å². The summed E-state index contributed by atoms with van der Waals surface area (Å²) in [6, 6.07) is 6.20. The summed E-state index contributed by atoms with van der Waals surface area (Å²) >= 11 is 0. The first-order chi connectivity index (χ1) is 18.1. The van der Waals surface area contributed by atoms with E-state index in [4.69, 9.17) is 9.97 Å². The fraction of sp³-hybridized carbons (Fsp3) is 0.536. The predicted molar refractivity (Wildman–Crippen MR) is 145 cm³/mol. The average molecular weight is 517 g/mol. The minimum atomic E-state index is -0.874. The first-order valence-corrected chi connectivity index (χ1v) is 13.5. The van der Waals surface area contributed by atoms with Gasteiger partial charge in [-0.2, -0.15) is 5.10 Å². The lowest BCUT2D eigenvalue weighted by Crippen LogP contribution is -2.61. The number of rotatable bonds is 7. The van der Waals surface area contributed by atoms with Crippen LogP contribution in [0, 0.1) is 5.41 Å². The number of amides is 1. The molecular formula is C28H36N8O2. The fourth-order valence-corrected chi connectivity index (χ4v) is 5.61. The van der Waals surface area contributed by atoms with E-state index in [9.17, 15) is 9.90 Å². The summed E-state index contributed by atoms with van der Waals surface area (Å²) in [5.74, 6) is 3.72. The summed E-state index contributed by atoms with van der Waals surface area (Å²) < 4.78 is 1.72. The molecule has 10 heteroatoms. The number of aromatic nitrogens is 5. The third-order valence-corrected chi connectivity index (χ3v) is 7.89. The first kappa shape index (κ1) is 24.8. The second kappa shape index (κ2) is 9.34. The number of likely N-dealkylation sites (tertiary alicyclic amines) is 1. The molecule has 2 aliphatic heterocycles. The van der Waals surface area contributed by atoms with Crippen LogP contribution < -0.4 is 10.2 Å². The minimum absolute atomic E-state index is 0.164. The van der Waals surface area contributed by atoms with E-state index >= 15 is 0 Å². The van der Waals surface area contributed by atoms with Gasteiger partial charge in [-0.1, -0.05) is 0 Å². The zero-order valence-corrected chi connectivity index (χ0v) is 22.4. The molecule has 3 aromatic heterocycles. The van der Waals surface area contributed by atoms with Crippen molar-refractivity contribution < 1.29 is 9.90 Å². The third kappa shape index (κ3) is 5.36. The van der Waals surface area contributed by atoms with Crippen molar-refractivity contribution in [3.05, 3.63) is 42.4 Å². The summed E-state index contributed by atoms with van der Waals surface area (Å²) in [4.78, 5) is 30.3. The maximum atomic E-state index is 11.8. The van der Waals surface area contributed by atoms with Crippen LogP contribution in [0.4, 0.5) is 17.5 Å². The lowest BCUT2D eigenvalue weighted by atomic mass is 9.72. The normalized spacial score (nSPS) is 18.9. The predicted octanol–water partition coefficient (Wildman–Crippen LogP) is 3.58. The van der Waals surface area contributed by atoms with Crippen molar-refractivity contribution in [3.63, 3.8) is 0 Å². The van der Waals surface area contributed by atoms with Gasteiger partial charge in [0.2, 0.25) is 5.91 Å². The van der Waals surface area contributed by atoms with Crippen molar-refractivity contribution in [1.82, 2.24) is 29.6 Å². The molecule has 0 aromatic carbocycles. The Hall–Kier alpha value is -3.53. The smallest absolute Gasteiger partial charge is 0.219 e. The van der Waals surface area contributed by atoms with Crippen LogP contribution >= 0.6 is 0 Å². The number of pyridine rings is 1. The molecule has 1 amide bonds. The SMILES string of the molecule is CC(=O)N1CCC2(CC1)CN(c1cc(Nc3cc(C4CC4)ccn3)nc(-c3cnn(CC(C)(C)O)c3)n1)C2. The fourth-order valence-electron chi connectivity index (χ4n) is 5.61. The molecule has 0 atom stereocenters. The summed E-state index contributed by atoms with van der Waals surface area (Å²) in [6.07, 6.45) is 9.99. The molecule has 0 bridgehead atoms. The van der Waals surface area contributed by atoms with Gasteiger partial charge < -0.3 is 20.2 Å². The number of piperidine rings is 1. The molecule has 2 saturated heterocycles. The van der Waals surface area contributed by atoms with Gasteiger partial charge in [0, 0.05) is 57.0 Å². The summed E-state index contributed by atoms with van der Waals surface area (Å²) in [7, 11) is 0. The molecule has 3 fully saturated rings. The average Bonchev–Trinajstić information content (AvgIpc) is 3.61. The Morgan fingerprint density at radius 3 is 2.61 bits per heavy atom. The van der Waals surface area contributed by atoms with Crippen molar-refractivity contribution in [2.75, 3.05) is 36.4 Å². The summed E-state index contributed by atoms with van der Waals surface area (Å²) in [5, 5.41) is 18.1. The number of hydrogen-bond donors (Lipinski definition) is 2. The van der Waals surface area contributed by atoms with Crippen molar-refractivity contribution in [3.8, 4) is 11.4 Å². The molecule has 3 aromatic rings. The zero-order chi connectivity index (χ0) is 26.5. The van der Waals surface area contributed by atoms with Crippen molar-refractivity contribution >= 4 is 23.4 Å². The van der Waals surface area contributed by atoms with Crippen LogP contribution in [-0.2, 0) is 11.3 Å². The molecule has 1 spiro atoms. The minimum Gasteiger partial charge on any atom is -0.389 e. The van der Waals surface area contributed by atoms with Crippen LogP contribution in [0.15, 0.2) is 36.8 Å². The van der Waals surface area contributed by atoms with Crippen LogP contribution in [0.1, 0.15) is 57.9 Å². The summed E-state index contributed by atoms with van der Waals surface area (Å²) in [5.41, 5.74) is 1.47. The van der Waals surface area contributed by atoms with Crippen LogP contribution in [-0.4, -0.2) is 72.4 Å². The van der Waals surface area contributed by atoms with Gasteiger partial charge >= 0.3 is 0 Å². The number of nitrogens with zero attached hydrogens (tertiary/aromatic N) is 7. The number of aliphatic hydroxyl groups is 1. The highest BCUT2D eigenvalue weighted by Gasteiger charge is 2.45. The van der Waals surface area contributed by atoms with Crippen molar-refractivity contribution in [2.45, 2.75) is 64.5 Å². The first-order valence-electron chi connectivity index (χ1n) is 13.5. The van der Waals surface area contributed by atoms with Gasteiger partial charge in [0.1, 0.15) is 17.5 Å². The highest BCUT2D eigenvalue weighted by molar-refractivity contribution is 5.73. The van der Waals surface area contributed by atoms with Gasteiger partial charge in [-0.25, -0.2) is 15.0 Å². The second-order valence-electron chi connectivity index (χ2n) is 11.9. The van der Waals surface area contributed by atoms with Gasteiger partial charge in [-0.15, -0.1) is 0 Å². The topological polar surface area (TPSA) is 112 Å². The van der Waals surface area contributed by atoms with Crippen molar-refractivity contribution in [1.29, 1.82) is 0 Å². The van der Waals surface area contributed by atoms with Crippen LogP contribution in [0.25, 0.3) is 11.4 Å². The molecule has 5 heterocycles. The molecule has 0 unspecified atom stereocenters. The van der Waals surface area contributed by atoms with E-state index < -0.39 is 5.60 Å². The van der Waals surface area contributed by atoms with E-state index in [0.717, 1.165) is 56.2 Å². The highest BCUT2D eigenvalue weighted by atomic mass is 16.3. The van der Waals surface area contributed by atoms with Crippen LogP contribution in [0.2, 0.25) is 0 Å². The second-order valence-corrected chi connectivity index (χ2v) is 11.9. The van der Waals surface area contributed by atoms with Gasteiger partial charge in [-0.05, 0) is 63.1 Å². The lowest BCUT2D eigenvalue weighted by molar-refractivity contribution is -0.131. The molecule has 0 radical (unpaired) electrons. The van der Waals surface area contributed by atoms with Gasteiger partial charge in [-0.3, -0.25) is 9.48 Å².